The third-order valence-electron chi connectivity index (χ3n) is 2.78. The molecule has 1 aromatic rings. The minimum atomic E-state index is -0.491. The zero-order valence-electron chi connectivity index (χ0n) is 8.86. The molecule has 1 atom stereocenters. The van der Waals surface area contributed by atoms with Gasteiger partial charge in [0.15, 0.2) is 5.78 Å². The molecule has 1 aliphatic carbocycles. The standard InChI is InChI=1S/C12H13NO2/c1-7(2)11(14)9-6-8-4-3-5-13-10(8)12(9)15/h3-5,7,9H,6H2,1-2H3. The summed E-state index contributed by atoms with van der Waals surface area (Å²) < 4.78 is 0. The number of hydrogen-bond acceptors (Lipinski definition) is 3. The molecule has 0 amide bonds. The second kappa shape index (κ2) is 3.57. The molecule has 3 heteroatoms. The molecule has 0 N–H and O–H groups in total. The zero-order chi connectivity index (χ0) is 11.0. The Balaban J connectivity index is 2.31. The third-order valence-corrected chi connectivity index (χ3v) is 2.78. The molecule has 15 heavy (non-hydrogen) atoms. The number of aromatic nitrogens is 1. The molecular weight excluding hydrogens is 190 g/mol. The van der Waals surface area contributed by atoms with Crippen LogP contribution in [0.2, 0.25) is 0 Å². The third kappa shape index (κ3) is 1.58. The topological polar surface area (TPSA) is 47.0 Å². The smallest absolute Gasteiger partial charge is 0.192 e. The molecule has 1 aliphatic rings. The summed E-state index contributed by atoms with van der Waals surface area (Å²) >= 11 is 0. The Morgan fingerprint density at radius 2 is 2.27 bits per heavy atom. The maximum atomic E-state index is 11.9. The van der Waals surface area contributed by atoms with Crippen molar-refractivity contribution >= 4 is 11.6 Å². The molecule has 0 spiro atoms. The minimum absolute atomic E-state index is 0.0259. The van der Waals surface area contributed by atoms with Gasteiger partial charge in [0.05, 0.1) is 5.92 Å². The van der Waals surface area contributed by atoms with Crippen LogP contribution in [0, 0.1) is 11.8 Å². The van der Waals surface area contributed by atoms with Crippen molar-refractivity contribution in [3.8, 4) is 0 Å². The quantitative estimate of drug-likeness (QED) is 0.687. The van der Waals surface area contributed by atoms with Gasteiger partial charge in [-0.05, 0) is 18.1 Å². The van der Waals surface area contributed by atoms with Crippen LogP contribution in [0.1, 0.15) is 29.9 Å². The Labute approximate surface area is 88.5 Å². The van der Waals surface area contributed by atoms with Crippen LogP contribution < -0.4 is 0 Å². The zero-order valence-corrected chi connectivity index (χ0v) is 8.86. The number of rotatable bonds is 2. The molecule has 2 rings (SSSR count). The fourth-order valence-corrected chi connectivity index (χ4v) is 1.93. The summed E-state index contributed by atoms with van der Waals surface area (Å²) in [5.74, 6) is -0.662. The normalized spacial score (nSPS) is 19.4. The van der Waals surface area contributed by atoms with Crippen molar-refractivity contribution in [1.29, 1.82) is 0 Å². The number of pyridine rings is 1. The summed E-state index contributed by atoms with van der Waals surface area (Å²) in [5.41, 5.74) is 1.39. The number of carbonyl (C=O) groups is 2. The number of Topliss-reactive ketones (excluding diaryl/α,β-unsaturated/α-hetero) is 2. The maximum Gasteiger partial charge on any atom is 0.192 e. The first kappa shape index (κ1) is 10.0. The first-order chi connectivity index (χ1) is 7.11. The summed E-state index contributed by atoms with van der Waals surface area (Å²) in [4.78, 5) is 27.7. The summed E-state index contributed by atoms with van der Waals surface area (Å²) in [5, 5.41) is 0. The molecule has 0 radical (unpaired) electrons. The molecule has 3 nitrogen and oxygen atoms in total. The second-order valence-electron chi connectivity index (χ2n) is 4.19. The Hall–Kier alpha value is -1.51. The summed E-state index contributed by atoms with van der Waals surface area (Å²) in [6.07, 6.45) is 2.12. The van der Waals surface area contributed by atoms with Gasteiger partial charge in [0.1, 0.15) is 11.5 Å². The van der Waals surface area contributed by atoms with Crippen LogP contribution in [-0.4, -0.2) is 16.6 Å². The molecule has 0 bridgehead atoms. The number of hydrogen-bond donors (Lipinski definition) is 0. The van der Waals surface area contributed by atoms with Crippen molar-refractivity contribution in [2.45, 2.75) is 20.3 Å². The molecule has 1 unspecified atom stereocenters. The fourth-order valence-electron chi connectivity index (χ4n) is 1.93. The molecule has 1 heterocycles. The van der Waals surface area contributed by atoms with E-state index in [4.69, 9.17) is 0 Å². The van der Waals surface area contributed by atoms with Crippen molar-refractivity contribution in [1.82, 2.24) is 4.98 Å². The summed E-state index contributed by atoms with van der Waals surface area (Å²) in [7, 11) is 0. The van der Waals surface area contributed by atoms with Crippen molar-refractivity contribution in [3.05, 3.63) is 29.6 Å². The largest absolute Gasteiger partial charge is 0.299 e. The van der Waals surface area contributed by atoms with Crippen molar-refractivity contribution in [2.24, 2.45) is 11.8 Å². The molecule has 0 saturated heterocycles. The van der Waals surface area contributed by atoms with E-state index in [0.717, 1.165) is 5.56 Å². The lowest BCUT2D eigenvalue weighted by Crippen LogP contribution is -2.25. The van der Waals surface area contributed by atoms with E-state index in [1.165, 1.54) is 0 Å². The van der Waals surface area contributed by atoms with E-state index in [0.29, 0.717) is 12.1 Å². The fraction of sp³-hybridized carbons (Fsp3) is 0.417. The van der Waals surface area contributed by atoms with Crippen LogP contribution in [0.25, 0.3) is 0 Å². The van der Waals surface area contributed by atoms with Gasteiger partial charge in [0.2, 0.25) is 0 Å². The highest BCUT2D eigenvalue weighted by atomic mass is 16.2. The molecule has 0 fully saturated rings. The maximum absolute atomic E-state index is 11.9. The lowest BCUT2D eigenvalue weighted by Gasteiger charge is -2.08. The molecular formula is C12H13NO2. The van der Waals surface area contributed by atoms with E-state index in [-0.39, 0.29) is 17.5 Å². The van der Waals surface area contributed by atoms with E-state index in [1.54, 1.807) is 12.3 Å². The Morgan fingerprint density at radius 1 is 1.53 bits per heavy atom. The van der Waals surface area contributed by atoms with E-state index >= 15 is 0 Å². The molecule has 0 aromatic carbocycles. The van der Waals surface area contributed by atoms with Crippen molar-refractivity contribution in [3.63, 3.8) is 0 Å². The Kier molecular flexibility index (Phi) is 2.39. The molecule has 0 saturated carbocycles. The highest BCUT2D eigenvalue weighted by molar-refractivity contribution is 6.13. The minimum Gasteiger partial charge on any atom is -0.299 e. The van der Waals surface area contributed by atoms with Gasteiger partial charge in [-0.2, -0.15) is 0 Å². The molecule has 0 aliphatic heterocycles. The van der Waals surface area contributed by atoms with Gasteiger partial charge in [-0.3, -0.25) is 14.6 Å². The average Bonchev–Trinajstić information content (AvgIpc) is 2.56. The highest BCUT2D eigenvalue weighted by Crippen LogP contribution is 2.27. The van der Waals surface area contributed by atoms with Gasteiger partial charge in [-0.15, -0.1) is 0 Å². The second-order valence-corrected chi connectivity index (χ2v) is 4.19. The summed E-state index contributed by atoms with van der Waals surface area (Å²) in [6.45, 7) is 3.65. The van der Waals surface area contributed by atoms with Gasteiger partial charge in [-0.25, -0.2) is 0 Å². The monoisotopic (exact) mass is 203 g/mol. The predicted octanol–water partition coefficient (Wildman–Crippen LogP) is 1.66. The van der Waals surface area contributed by atoms with Crippen LogP contribution in [0.4, 0.5) is 0 Å². The average molecular weight is 203 g/mol. The lowest BCUT2D eigenvalue weighted by atomic mass is 9.92. The number of ketones is 2. The van der Waals surface area contributed by atoms with Gasteiger partial charge in [0, 0.05) is 12.1 Å². The van der Waals surface area contributed by atoms with Gasteiger partial charge < -0.3 is 0 Å². The van der Waals surface area contributed by atoms with Crippen LogP contribution >= 0.6 is 0 Å². The number of carbonyl (C=O) groups excluding carboxylic acids is 2. The van der Waals surface area contributed by atoms with E-state index in [2.05, 4.69) is 4.98 Å². The summed E-state index contributed by atoms with van der Waals surface area (Å²) in [6, 6.07) is 3.67. The van der Waals surface area contributed by atoms with Gasteiger partial charge in [-0.1, -0.05) is 19.9 Å². The van der Waals surface area contributed by atoms with Crippen molar-refractivity contribution in [2.75, 3.05) is 0 Å². The lowest BCUT2D eigenvalue weighted by molar-refractivity contribution is -0.124. The number of nitrogens with zero attached hydrogens (tertiary/aromatic N) is 1. The van der Waals surface area contributed by atoms with Crippen LogP contribution in [0.3, 0.4) is 0 Å². The van der Waals surface area contributed by atoms with Crippen LogP contribution in [0.15, 0.2) is 18.3 Å². The number of fused-ring (bicyclic) bond motifs is 1. The predicted molar refractivity (Wildman–Crippen MR) is 55.6 cm³/mol. The van der Waals surface area contributed by atoms with Crippen LogP contribution in [0.5, 0.6) is 0 Å². The Morgan fingerprint density at radius 3 is 2.87 bits per heavy atom. The van der Waals surface area contributed by atoms with Gasteiger partial charge >= 0.3 is 0 Å². The van der Waals surface area contributed by atoms with Crippen molar-refractivity contribution < 1.29 is 9.59 Å². The molecule has 78 valence electrons. The SMILES string of the molecule is CC(C)C(=O)C1Cc2cccnc2C1=O. The Bertz CT molecular complexity index is 423. The molecule has 1 aromatic heterocycles. The highest BCUT2D eigenvalue weighted by Gasteiger charge is 2.37. The van der Waals surface area contributed by atoms with E-state index < -0.39 is 5.92 Å². The van der Waals surface area contributed by atoms with E-state index in [9.17, 15) is 9.59 Å². The van der Waals surface area contributed by atoms with Gasteiger partial charge in [0.25, 0.3) is 0 Å². The first-order valence-corrected chi connectivity index (χ1v) is 5.13. The van der Waals surface area contributed by atoms with E-state index in [1.807, 2.05) is 19.9 Å². The van der Waals surface area contributed by atoms with Crippen LogP contribution in [-0.2, 0) is 11.2 Å². The first-order valence-electron chi connectivity index (χ1n) is 5.13.